The molecule has 1 aliphatic rings. The van der Waals surface area contributed by atoms with Crippen molar-refractivity contribution in [1.82, 2.24) is 5.32 Å². The smallest absolute Gasteiger partial charge is 0.244 e. The minimum atomic E-state index is -3.83. The van der Waals surface area contributed by atoms with Gasteiger partial charge < -0.3 is 24.3 Å². The van der Waals surface area contributed by atoms with Gasteiger partial charge in [-0.1, -0.05) is 6.07 Å². The van der Waals surface area contributed by atoms with Crippen LogP contribution in [0.5, 0.6) is 23.0 Å². The molecule has 0 aliphatic carbocycles. The lowest BCUT2D eigenvalue weighted by molar-refractivity contribution is -0.122. The maximum absolute atomic E-state index is 13.1. The largest absolute Gasteiger partial charge is 0.497 e. The van der Waals surface area contributed by atoms with Crippen LogP contribution in [0.15, 0.2) is 36.4 Å². The molecule has 0 fully saturated rings. The Kier molecular flexibility index (Phi) is 7.02. The van der Waals surface area contributed by atoms with Crippen molar-refractivity contribution in [3.63, 3.8) is 0 Å². The molecule has 174 valence electrons. The van der Waals surface area contributed by atoms with Crippen LogP contribution in [0.25, 0.3) is 0 Å². The van der Waals surface area contributed by atoms with Gasteiger partial charge in [0.05, 0.1) is 32.2 Å². The number of nitrogens with zero attached hydrogens (tertiary/aromatic N) is 1. The van der Waals surface area contributed by atoms with Crippen molar-refractivity contribution >= 4 is 21.6 Å². The normalized spacial score (nSPS) is 14.8. The number of amides is 1. The summed E-state index contributed by atoms with van der Waals surface area (Å²) in [5.74, 6) is 1.53. The number of ether oxygens (including phenoxy) is 4. The van der Waals surface area contributed by atoms with Crippen LogP contribution in [0.3, 0.4) is 0 Å². The molecule has 0 saturated heterocycles. The van der Waals surface area contributed by atoms with Gasteiger partial charge in [-0.15, -0.1) is 0 Å². The SMILES string of the molecule is COc1ccc(OC)c(N(C(C)C(=O)NC(C)c2ccc3c(c2)OCCO3)S(C)(=O)=O)c1. The molecule has 10 heteroatoms. The van der Waals surface area contributed by atoms with Crippen molar-refractivity contribution in [1.29, 1.82) is 0 Å². The average molecular weight is 465 g/mol. The summed E-state index contributed by atoms with van der Waals surface area (Å²) < 4.78 is 48.1. The topological polar surface area (TPSA) is 103 Å². The standard InChI is InChI=1S/C22H28N2O7S/c1-14(16-6-8-20-21(12-16)31-11-10-30-20)23-22(25)15(2)24(32(5,26)27)18-13-17(28-3)7-9-19(18)29-4/h6-9,12-15H,10-11H2,1-5H3,(H,23,25). The highest BCUT2D eigenvalue weighted by atomic mass is 32.2. The molecule has 2 atom stereocenters. The molecule has 0 radical (unpaired) electrons. The van der Waals surface area contributed by atoms with E-state index >= 15 is 0 Å². The summed E-state index contributed by atoms with van der Waals surface area (Å²) in [4.78, 5) is 13.1. The van der Waals surface area contributed by atoms with Gasteiger partial charge in [-0.2, -0.15) is 0 Å². The van der Waals surface area contributed by atoms with Crippen LogP contribution >= 0.6 is 0 Å². The predicted molar refractivity (Wildman–Crippen MR) is 120 cm³/mol. The number of rotatable bonds is 8. The molecule has 32 heavy (non-hydrogen) atoms. The third-order valence-electron chi connectivity index (χ3n) is 5.14. The highest BCUT2D eigenvalue weighted by molar-refractivity contribution is 7.92. The third-order valence-corrected chi connectivity index (χ3v) is 6.36. The minimum Gasteiger partial charge on any atom is -0.497 e. The molecular weight excluding hydrogens is 436 g/mol. The lowest BCUT2D eigenvalue weighted by Crippen LogP contribution is -2.48. The zero-order valence-electron chi connectivity index (χ0n) is 18.7. The van der Waals surface area contributed by atoms with E-state index in [0.29, 0.717) is 36.2 Å². The summed E-state index contributed by atoms with van der Waals surface area (Å²) in [5.41, 5.74) is 1.02. The van der Waals surface area contributed by atoms with E-state index in [2.05, 4.69) is 5.32 Å². The van der Waals surface area contributed by atoms with Gasteiger partial charge in [-0.25, -0.2) is 8.42 Å². The van der Waals surface area contributed by atoms with Gasteiger partial charge in [0.15, 0.2) is 11.5 Å². The number of nitrogens with one attached hydrogen (secondary N) is 1. The second-order valence-corrected chi connectivity index (χ2v) is 9.27. The lowest BCUT2D eigenvalue weighted by Gasteiger charge is -2.30. The van der Waals surface area contributed by atoms with Crippen LogP contribution in [-0.2, 0) is 14.8 Å². The van der Waals surface area contributed by atoms with E-state index in [0.717, 1.165) is 16.1 Å². The predicted octanol–water partition coefficient (Wildman–Crippen LogP) is 2.51. The summed E-state index contributed by atoms with van der Waals surface area (Å²) in [5, 5.41) is 2.88. The van der Waals surface area contributed by atoms with Gasteiger partial charge in [0.1, 0.15) is 30.8 Å². The zero-order valence-corrected chi connectivity index (χ0v) is 19.6. The maximum atomic E-state index is 13.1. The summed E-state index contributed by atoms with van der Waals surface area (Å²) in [6, 6.07) is 8.76. The Bertz CT molecular complexity index is 1090. The molecule has 2 aromatic rings. The summed E-state index contributed by atoms with van der Waals surface area (Å²) in [7, 11) is -0.927. The number of anilines is 1. The fraction of sp³-hybridized carbons (Fsp3) is 0.409. The first-order chi connectivity index (χ1) is 15.2. The van der Waals surface area contributed by atoms with Crippen LogP contribution in [0.2, 0.25) is 0 Å². The van der Waals surface area contributed by atoms with E-state index < -0.39 is 28.0 Å². The number of sulfonamides is 1. The van der Waals surface area contributed by atoms with E-state index in [1.54, 1.807) is 18.2 Å². The Morgan fingerprint density at radius 3 is 2.34 bits per heavy atom. The molecule has 3 rings (SSSR count). The Hall–Kier alpha value is -3.14. The summed E-state index contributed by atoms with van der Waals surface area (Å²) in [6.07, 6.45) is 1.04. The molecule has 2 unspecified atom stereocenters. The quantitative estimate of drug-likeness (QED) is 0.640. The fourth-order valence-corrected chi connectivity index (χ4v) is 4.67. The highest BCUT2D eigenvalue weighted by Gasteiger charge is 2.32. The fourth-order valence-electron chi connectivity index (χ4n) is 3.50. The lowest BCUT2D eigenvalue weighted by atomic mass is 10.1. The Morgan fingerprint density at radius 1 is 1.03 bits per heavy atom. The number of hydrogen-bond donors (Lipinski definition) is 1. The number of fused-ring (bicyclic) bond motifs is 1. The molecule has 1 heterocycles. The van der Waals surface area contributed by atoms with Crippen LogP contribution in [-0.4, -0.2) is 54.1 Å². The van der Waals surface area contributed by atoms with Crippen molar-refractivity contribution in [2.45, 2.75) is 25.9 Å². The van der Waals surface area contributed by atoms with Crippen LogP contribution in [0.4, 0.5) is 5.69 Å². The van der Waals surface area contributed by atoms with E-state index in [-0.39, 0.29) is 5.69 Å². The minimum absolute atomic E-state index is 0.212. The Morgan fingerprint density at radius 2 is 1.72 bits per heavy atom. The molecule has 0 saturated carbocycles. The van der Waals surface area contributed by atoms with Crippen molar-refractivity contribution in [2.24, 2.45) is 0 Å². The molecule has 0 aromatic heterocycles. The number of carbonyl (C=O) groups excluding carboxylic acids is 1. The highest BCUT2D eigenvalue weighted by Crippen LogP contribution is 2.36. The third kappa shape index (κ3) is 5.01. The molecule has 2 aromatic carbocycles. The van der Waals surface area contributed by atoms with E-state index in [1.165, 1.54) is 27.2 Å². The second-order valence-electron chi connectivity index (χ2n) is 7.41. The summed E-state index contributed by atoms with van der Waals surface area (Å²) in [6.45, 7) is 4.28. The number of carbonyl (C=O) groups is 1. The van der Waals surface area contributed by atoms with E-state index in [1.807, 2.05) is 19.1 Å². The second kappa shape index (κ2) is 9.56. The Balaban J connectivity index is 1.86. The van der Waals surface area contributed by atoms with Gasteiger partial charge >= 0.3 is 0 Å². The van der Waals surface area contributed by atoms with Gasteiger partial charge in [-0.05, 0) is 43.7 Å². The van der Waals surface area contributed by atoms with Crippen molar-refractivity contribution in [3.8, 4) is 23.0 Å². The van der Waals surface area contributed by atoms with Crippen molar-refractivity contribution in [2.75, 3.05) is 38.0 Å². The Labute approximate surface area is 188 Å². The molecule has 1 amide bonds. The van der Waals surface area contributed by atoms with Crippen molar-refractivity contribution < 1.29 is 32.2 Å². The van der Waals surface area contributed by atoms with Gasteiger partial charge in [0, 0.05) is 6.07 Å². The number of methoxy groups -OCH3 is 2. The van der Waals surface area contributed by atoms with Crippen LogP contribution < -0.4 is 28.6 Å². The molecule has 0 bridgehead atoms. The van der Waals surface area contributed by atoms with Gasteiger partial charge in [-0.3, -0.25) is 9.10 Å². The monoisotopic (exact) mass is 464 g/mol. The van der Waals surface area contributed by atoms with Crippen molar-refractivity contribution in [3.05, 3.63) is 42.0 Å². The summed E-state index contributed by atoms with van der Waals surface area (Å²) >= 11 is 0. The number of benzene rings is 2. The molecule has 9 nitrogen and oxygen atoms in total. The number of hydrogen-bond acceptors (Lipinski definition) is 7. The van der Waals surface area contributed by atoms with Gasteiger partial charge in [0.2, 0.25) is 15.9 Å². The first-order valence-corrected chi connectivity index (χ1v) is 11.9. The first kappa shape index (κ1) is 23.5. The maximum Gasteiger partial charge on any atom is 0.244 e. The molecule has 0 spiro atoms. The molecule has 1 N–H and O–H groups in total. The molecule has 1 aliphatic heterocycles. The van der Waals surface area contributed by atoms with E-state index in [9.17, 15) is 13.2 Å². The van der Waals surface area contributed by atoms with Crippen LogP contribution in [0.1, 0.15) is 25.5 Å². The molecular formula is C22H28N2O7S. The van der Waals surface area contributed by atoms with E-state index in [4.69, 9.17) is 18.9 Å². The van der Waals surface area contributed by atoms with Gasteiger partial charge in [0.25, 0.3) is 0 Å². The van der Waals surface area contributed by atoms with Crippen LogP contribution in [0, 0.1) is 0 Å². The zero-order chi connectivity index (χ0) is 23.5. The first-order valence-electron chi connectivity index (χ1n) is 10.1. The average Bonchev–Trinajstić information content (AvgIpc) is 2.77.